The predicted molar refractivity (Wildman–Crippen MR) is 158 cm³/mol. The van der Waals surface area contributed by atoms with E-state index < -0.39 is 11.9 Å². The molecule has 4 aromatic rings. The Kier molecular flexibility index (Phi) is 7.15. The first-order chi connectivity index (χ1) is 19.9. The van der Waals surface area contributed by atoms with Gasteiger partial charge < -0.3 is 19.1 Å². The number of hydrogen-bond donors (Lipinski definition) is 1. The lowest BCUT2D eigenvalue weighted by atomic mass is 9.81. The maximum atomic E-state index is 13.1. The number of fused-ring (bicyclic) bond motifs is 5. The number of hydrogen-bond acceptors (Lipinski definition) is 5. The van der Waals surface area contributed by atoms with Crippen molar-refractivity contribution in [2.45, 2.75) is 65.0 Å². The molecule has 41 heavy (non-hydrogen) atoms. The number of carboxylic acids is 1. The summed E-state index contributed by atoms with van der Waals surface area (Å²) in [6.07, 6.45) is 9.52. The lowest BCUT2D eigenvalue weighted by Gasteiger charge is -2.24. The number of allylic oxidation sites excluding steroid dienone is 1. The third kappa shape index (κ3) is 4.61. The molecule has 1 aliphatic carbocycles. The first-order valence-electron chi connectivity index (χ1n) is 14.5. The largest absolute Gasteiger partial charge is 0.497 e. The lowest BCUT2D eigenvalue weighted by molar-refractivity contribution is 0.0525. The first kappa shape index (κ1) is 26.9. The molecule has 0 atom stereocenters. The summed E-state index contributed by atoms with van der Waals surface area (Å²) in [6, 6.07) is 11.6. The van der Waals surface area contributed by atoms with Gasteiger partial charge in [0, 0.05) is 23.0 Å². The Balaban J connectivity index is 1.67. The van der Waals surface area contributed by atoms with Crippen molar-refractivity contribution in [3.8, 4) is 17.0 Å². The number of esters is 1. The van der Waals surface area contributed by atoms with Crippen molar-refractivity contribution in [2.24, 2.45) is 0 Å². The van der Waals surface area contributed by atoms with E-state index in [-0.39, 0.29) is 12.2 Å². The highest BCUT2D eigenvalue weighted by Crippen LogP contribution is 2.48. The van der Waals surface area contributed by atoms with Crippen LogP contribution >= 0.6 is 0 Å². The summed E-state index contributed by atoms with van der Waals surface area (Å²) in [5.41, 5.74) is 7.61. The van der Waals surface area contributed by atoms with Gasteiger partial charge in [-0.1, -0.05) is 25.3 Å². The number of carboxylic acid groups (broad SMARTS) is 1. The number of carbonyl (C=O) groups excluding carboxylic acids is 1. The predicted octanol–water partition coefficient (Wildman–Crippen LogP) is 7.01. The van der Waals surface area contributed by atoms with E-state index in [0.29, 0.717) is 30.3 Å². The van der Waals surface area contributed by atoms with Crippen molar-refractivity contribution in [1.82, 2.24) is 14.3 Å². The van der Waals surface area contributed by atoms with E-state index in [9.17, 15) is 14.7 Å². The number of carbonyl (C=O) groups is 2. The minimum Gasteiger partial charge on any atom is -0.497 e. The van der Waals surface area contributed by atoms with Crippen LogP contribution in [-0.4, -0.2) is 45.1 Å². The van der Waals surface area contributed by atoms with E-state index in [2.05, 4.69) is 21.8 Å². The van der Waals surface area contributed by atoms with Crippen LogP contribution < -0.4 is 4.74 Å². The molecule has 1 N–H and O–H groups in total. The molecule has 0 saturated heterocycles. The van der Waals surface area contributed by atoms with Gasteiger partial charge >= 0.3 is 11.9 Å². The van der Waals surface area contributed by atoms with Gasteiger partial charge in [-0.3, -0.25) is 4.68 Å². The highest BCUT2D eigenvalue weighted by Gasteiger charge is 2.31. The van der Waals surface area contributed by atoms with Gasteiger partial charge in [-0.15, -0.1) is 0 Å². The fraction of sp³-hybridized carbons (Fsp3) is 0.364. The third-order valence-electron chi connectivity index (χ3n) is 8.47. The van der Waals surface area contributed by atoms with E-state index in [0.717, 1.165) is 51.9 Å². The van der Waals surface area contributed by atoms with Crippen LogP contribution in [0.4, 0.5) is 0 Å². The van der Waals surface area contributed by atoms with Crippen LogP contribution in [0.3, 0.4) is 0 Å². The summed E-state index contributed by atoms with van der Waals surface area (Å²) >= 11 is 0. The number of methoxy groups -OCH3 is 1. The van der Waals surface area contributed by atoms with Crippen LogP contribution in [0.1, 0.15) is 89.4 Å². The molecule has 2 aliphatic rings. The Morgan fingerprint density at radius 2 is 1.85 bits per heavy atom. The third-order valence-corrected chi connectivity index (χ3v) is 8.47. The number of benzene rings is 2. The normalized spacial score (nSPS) is 15.1. The second-order valence-electron chi connectivity index (χ2n) is 10.8. The number of nitrogens with zero attached hydrogens (tertiary/aromatic N) is 3. The monoisotopic (exact) mass is 553 g/mol. The highest BCUT2D eigenvalue weighted by molar-refractivity contribution is 6.03. The summed E-state index contributed by atoms with van der Waals surface area (Å²) in [4.78, 5) is 25.1. The second kappa shape index (κ2) is 10.9. The van der Waals surface area contributed by atoms with Crippen LogP contribution in [0.15, 0.2) is 42.6 Å². The second-order valence-corrected chi connectivity index (χ2v) is 10.8. The van der Waals surface area contributed by atoms with Crippen LogP contribution in [0.25, 0.3) is 33.8 Å². The molecular formula is C33H35N3O5. The molecule has 8 heteroatoms. The zero-order valence-corrected chi connectivity index (χ0v) is 23.8. The number of aromatic carboxylic acids is 1. The van der Waals surface area contributed by atoms with Crippen molar-refractivity contribution in [1.29, 1.82) is 0 Å². The first-order valence-corrected chi connectivity index (χ1v) is 14.5. The fourth-order valence-electron chi connectivity index (χ4n) is 6.64. The molecule has 8 nitrogen and oxygen atoms in total. The maximum Gasteiger partial charge on any atom is 0.341 e. The summed E-state index contributed by atoms with van der Waals surface area (Å²) in [5.74, 6) is -0.242. The standard InChI is InChI=1S/C33H35N3O5/c1-4-36-30(27(18-34-36)33(39)41-5-2)23-15-22-16-24(40-3)12-14-25(22)31-29(20-9-7-6-8-10-20)26-13-11-21(32(37)38)17-28(26)35(31)19-23/h11-18,20H,4-10,19H2,1-3H3,(H,37,38). The molecule has 0 spiro atoms. The molecule has 1 aliphatic heterocycles. The molecule has 0 bridgehead atoms. The number of aromatic nitrogens is 3. The lowest BCUT2D eigenvalue weighted by Crippen LogP contribution is -2.12. The molecule has 0 amide bonds. The Morgan fingerprint density at radius 1 is 1.05 bits per heavy atom. The van der Waals surface area contributed by atoms with Crippen LogP contribution in [0.5, 0.6) is 5.75 Å². The molecule has 212 valence electrons. The van der Waals surface area contributed by atoms with Gasteiger partial charge in [0.2, 0.25) is 0 Å². The zero-order valence-electron chi connectivity index (χ0n) is 23.8. The molecule has 0 radical (unpaired) electrons. The van der Waals surface area contributed by atoms with Crippen molar-refractivity contribution in [3.63, 3.8) is 0 Å². The average Bonchev–Trinajstić information content (AvgIpc) is 3.51. The number of rotatable bonds is 7. The van der Waals surface area contributed by atoms with Gasteiger partial charge in [0.15, 0.2) is 0 Å². The maximum absolute atomic E-state index is 13.1. The summed E-state index contributed by atoms with van der Waals surface area (Å²) in [7, 11) is 1.66. The molecule has 2 aromatic heterocycles. The Bertz CT molecular complexity index is 1690. The Hall–Kier alpha value is -4.33. The zero-order chi connectivity index (χ0) is 28.7. The topological polar surface area (TPSA) is 95.6 Å². The van der Waals surface area contributed by atoms with Gasteiger partial charge in [-0.25, -0.2) is 9.59 Å². The number of ether oxygens (including phenoxy) is 2. The van der Waals surface area contributed by atoms with Gasteiger partial charge in [-0.2, -0.15) is 5.10 Å². The van der Waals surface area contributed by atoms with E-state index in [1.807, 2.05) is 29.8 Å². The molecular weight excluding hydrogens is 518 g/mol. The van der Waals surface area contributed by atoms with Crippen molar-refractivity contribution in [2.75, 3.05) is 13.7 Å². The van der Waals surface area contributed by atoms with E-state index >= 15 is 0 Å². The van der Waals surface area contributed by atoms with E-state index in [1.165, 1.54) is 24.8 Å². The van der Waals surface area contributed by atoms with Crippen LogP contribution in [-0.2, 0) is 17.8 Å². The van der Waals surface area contributed by atoms with Crippen molar-refractivity contribution >= 4 is 34.5 Å². The van der Waals surface area contributed by atoms with Crippen LogP contribution in [0.2, 0.25) is 0 Å². The SMILES string of the molecule is CCOC(=O)c1cnn(CC)c1C1=Cc2cc(OC)ccc2-c2c(C3CCCCC3)c3ccc(C(=O)O)cc3n2C1. The fourth-order valence-corrected chi connectivity index (χ4v) is 6.64. The summed E-state index contributed by atoms with van der Waals surface area (Å²) in [6.45, 7) is 5.07. The average molecular weight is 554 g/mol. The van der Waals surface area contributed by atoms with Gasteiger partial charge in [0.05, 0.1) is 43.4 Å². The molecule has 3 heterocycles. The molecule has 6 rings (SSSR count). The van der Waals surface area contributed by atoms with Crippen molar-refractivity contribution < 1.29 is 24.2 Å². The summed E-state index contributed by atoms with van der Waals surface area (Å²) in [5, 5.41) is 15.5. The Labute approximate surface area is 239 Å². The minimum absolute atomic E-state index is 0.253. The number of aryl methyl sites for hydroxylation is 1. The van der Waals surface area contributed by atoms with Gasteiger partial charge in [-0.05, 0) is 85.7 Å². The van der Waals surface area contributed by atoms with E-state index in [1.54, 1.807) is 32.4 Å². The minimum atomic E-state index is -0.954. The van der Waals surface area contributed by atoms with Gasteiger partial charge in [0.25, 0.3) is 0 Å². The highest BCUT2D eigenvalue weighted by atomic mass is 16.5. The molecule has 2 aromatic carbocycles. The Morgan fingerprint density at radius 3 is 2.56 bits per heavy atom. The smallest absolute Gasteiger partial charge is 0.341 e. The van der Waals surface area contributed by atoms with Crippen LogP contribution in [0, 0.1) is 0 Å². The van der Waals surface area contributed by atoms with Gasteiger partial charge in [0.1, 0.15) is 11.3 Å². The molecule has 1 fully saturated rings. The summed E-state index contributed by atoms with van der Waals surface area (Å²) < 4.78 is 15.1. The quantitative estimate of drug-likeness (QED) is 0.247. The molecule has 1 saturated carbocycles. The van der Waals surface area contributed by atoms with Crippen molar-refractivity contribution in [3.05, 3.63) is 70.5 Å². The molecule has 0 unspecified atom stereocenters. The van der Waals surface area contributed by atoms with E-state index in [4.69, 9.17) is 9.47 Å².